The predicted molar refractivity (Wildman–Crippen MR) is 95.6 cm³/mol. The number of piperidine rings is 1. The van der Waals surface area contributed by atoms with Gasteiger partial charge in [-0.05, 0) is 50.2 Å². The molecular weight excluding hydrogens is 340 g/mol. The van der Waals surface area contributed by atoms with Gasteiger partial charge in [0.2, 0.25) is 0 Å². The van der Waals surface area contributed by atoms with Gasteiger partial charge < -0.3 is 14.7 Å². The summed E-state index contributed by atoms with van der Waals surface area (Å²) in [5.74, 6) is 0.0799. The maximum Gasteiger partial charge on any atom is 0.314 e. The van der Waals surface area contributed by atoms with Crippen LogP contribution in [0, 0.1) is 6.92 Å². The molecule has 0 aliphatic carbocycles. The zero-order valence-electron chi connectivity index (χ0n) is 14.2. The Morgan fingerprint density at radius 2 is 2.16 bits per heavy atom. The van der Waals surface area contributed by atoms with Gasteiger partial charge in [0.05, 0.1) is 0 Å². The molecule has 2 aromatic heterocycles. The van der Waals surface area contributed by atoms with Crippen LogP contribution in [0.1, 0.15) is 29.4 Å². The highest BCUT2D eigenvalue weighted by atomic mass is 32.1. The normalized spacial score (nSPS) is 15.9. The van der Waals surface area contributed by atoms with Gasteiger partial charge >= 0.3 is 11.8 Å². The molecule has 0 saturated carbocycles. The minimum Gasteiger partial charge on any atom is -0.360 e. The van der Waals surface area contributed by atoms with Crippen LogP contribution < -0.4 is 10.6 Å². The molecule has 8 heteroatoms. The number of hydrogen-bond acceptors (Lipinski definition) is 6. The van der Waals surface area contributed by atoms with E-state index in [0.29, 0.717) is 18.2 Å². The van der Waals surface area contributed by atoms with Crippen LogP contribution in [-0.2, 0) is 9.59 Å². The summed E-state index contributed by atoms with van der Waals surface area (Å²) >= 11 is 1.83. The second kappa shape index (κ2) is 8.26. The summed E-state index contributed by atoms with van der Waals surface area (Å²) in [5.41, 5.74) is 0. The molecule has 1 fully saturated rings. The third-order valence-electron chi connectivity index (χ3n) is 4.32. The van der Waals surface area contributed by atoms with Gasteiger partial charge in [-0.1, -0.05) is 11.2 Å². The number of carbonyl (C=O) groups excluding carboxylic acids is 2. The van der Waals surface area contributed by atoms with Crippen LogP contribution in [0.2, 0.25) is 0 Å². The van der Waals surface area contributed by atoms with E-state index < -0.39 is 11.8 Å². The van der Waals surface area contributed by atoms with Gasteiger partial charge in [-0.25, -0.2) is 0 Å². The number of aryl methyl sites for hydroxylation is 1. The lowest BCUT2D eigenvalue weighted by atomic mass is 9.95. The number of hydrogen-bond donors (Lipinski definition) is 2. The first kappa shape index (κ1) is 17.6. The third-order valence-corrected chi connectivity index (χ3v) is 5.36. The van der Waals surface area contributed by atoms with E-state index in [9.17, 15) is 9.59 Å². The number of anilines is 1. The minimum absolute atomic E-state index is 0.244. The summed E-state index contributed by atoms with van der Waals surface area (Å²) in [4.78, 5) is 27.4. The highest BCUT2D eigenvalue weighted by Gasteiger charge is 2.21. The molecule has 1 aliphatic rings. The number of aromatic nitrogens is 1. The van der Waals surface area contributed by atoms with Gasteiger partial charge in [-0.3, -0.25) is 14.9 Å². The van der Waals surface area contributed by atoms with Crippen LogP contribution in [-0.4, -0.2) is 48.0 Å². The Labute approximate surface area is 150 Å². The third kappa shape index (κ3) is 4.90. The van der Waals surface area contributed by atoms with Crippen molar-refractivity contribution in [2.75, 3.05) is 31.5 Å². The minimum atomic E-state index is -0.732. The van der Waals surface area contributed by atoms with Crippen molar-refractivity contribution in [3.8, 4) is 0 Å². The topological polar surface area (TPSA) is 87.5 Å². The van der Waals surface area contributed by atoms with Crippen LogP contribution in [0.3, 0.4) is 0 Å². The number of amides is 2. The number of nitrogens with zero attached hydrogens (tertiary/aromatic N) is 2. The quantitative estimate of drug-likeness (QED) is 0.794. The maximum absolute atomic E-state index is 11.8. The molecule has 0 radical (unpaired) electrons. The largest absolute Gasteiger partial charge is 0.360 e. The van der Waals surface area contributed by atoms with Crippen molar-refractivity contribution in [1.29, 1.82) is 0 Å². The Kier molecular flexibility index (Phi) is 5.83. The lowest BCUT2D eigenvalue weighted by Crippen LogP contribution is -2.42. The summed E-state index contributed by atoms with van der Waals surface area (Å²) in [6.45, 7) is 4.95. The second-order valence-corrected chi connectivity index (χ2v) is 7.14. The fourth-order valence-electron chi connectivity index (χ4n) is 2.97. The number of likely N-dealkylation sites (tertiary alicyclic amines) is 1. The molecule has 7 nitrogen and oxygen atoms in total. The molecular formula is C17H22N4O3S. The smallest absolute Gasteiger partial charge is 0.314 e. The molecule has 0 aromatic carbocycles. The summed E-state index contributed by atoms with van der Waals surface area (Å²) < 4.78 is 4.84. The van der Waals surface area contributed by atoms with E-state index in [1.807, 2.05) is 11.3 Å². The summed E-state index contributed by atoms with van der Waals surface area (Å²) in [5, 5.41) is 10.8. The van der Waals surface area contributed by atoms with Crippen molar-refractivity contribution in [2.24, 2.45) is 0 Å². The van der Waals surface area contributed by atoms with Crippen molar-refractivity contribution in [3.05, 3.63) is 34.2 Å². The van der Waals surface area contributed by atoms with E-state index in [2.05, 4.69) is 38.2 Å². The monoisotopic (exact) mass is 362 g/mol. The lowest BCUT2D eigenvalue weighted by molar-refractivity contribution is -0.136. The Balaban J connectivity index is 1.34. The van der Waals surface area contributed by atoms with Crippen LogP contribution in [0.15, 0.2) is 28.1 Å². The van der Waals surface area contributed by atoms with E-state index in [1.165, 1.54) is 4.88 Å². The SMILES string of the molecule is Cc1cc(NC(=O)C(=O)NCCN2CCC(c3cccs3)CC2)no1. The van der Waals surface area contributed by atoms with Gasteiger partial charge in [0.1, 0.15) is 5.76 Å². The number of carbonyl (C=O) groups is 2. The lowest BCUT2D eigenvalue weighted by Gasteiger charge is -2.31. The zero-order valence-corrected chi connectivity index (χ0v) is 15.0. The molecule has 0 bridgehead atoms. The second-order valence-electron chi connectivity index (χ2n) is 6.16. The fraction of sp³-hybridized carbons (Fsp3) is 0.471. The maximum atomic E-state index is 11.8. The summed E-state index contributed by atoms with van der Waals surface area (Å²) in [7, 11) is 0. The molecule has 0 spiro atoms. The van der Waals surface area contributed by atoms with E-state index in [4.69, 9.17) is 4.52 Å². The average Bonchev–Trinajstić information content (AvgIpc) is 3.27. The highest BCUT2D eigenvalue weighted by Crippen LogP contribution is 2.30. The van der Waals surface area contributed by atoms with Gasteiger partial charge in [0.25, 0.3) is 0 Å². The molecule has 3 rings (SSSR count). The molecule has 1 aliphatic heterocycles. The Bertz CT molecular complexity index is 705. The average molecular weight is 362 g/mol. The van der Waals surface area contributed by atoms with Crippen molar-refractivity contribution < 1.29 is 14.1 Å². The van der Waals surface area contributed by atoms with Crippen LogP contribution in [0.5, 0.6) is 0 Å². The number of thiophene rings is 1. The van der Waals surface area contributed by atoms with Crippen LogP contribution in [0.25, 0.3) is 0 Å². The molecule has 134 valence electrons. The standard InChI is InChI=1S/C17H22N4O3S/c1-12-11-15(20-24-12)19-17(23)16(22)18-6-9-21-7-4-13(5-8-21)14-3-2-10-25-14/h2-3,10-11,13H,4-9H2,1H3,(H,18,22)(H,19,20,23). The Morgan fingerprint density at radius 1 is 1.36 bits per heavy atom. The molecule has 2 aromatic rings. The highest BCUT2D eigenvalue weighted by molar-refractivity contribution is 7.10. The molecule has 1 saturated heterocycles. The first-order valence-corrected chi connectivity index (χ1v) is 9.28. The first-order valence-electron chi connectivity index (χ1n) is 8.40. The summed E-state index contributed by atoms with van der Waals surface area (Å²) in [6.07, 6.45) is 2.28. The van der Waals surface area contributed by atoms with E-state index in [0.717, 1.165) is 32.5 Å². The predicted octanol–water partition coefficient (Wildman–Crippen LogP) is 1.98. The molecule has 25 heavy (non-hydrogen) atoms. The van der Waals surface area contributed by atoms with E-state index in [1.54, 1.807) is 13.0 Å². The Hall–Kier alpha value is -2.19. The van der Waals surface area contributed by atoms with Crippen LogP contribution >= 0.6 is 11.3 Å². The van der Waals surface area contributed by atoms with Gasteiger partial charge in [0.15, 0.2) is 5.82 Å². The van der Waals surface area contributed by atoms with Crippen molar-refractivity contribution in [2.45, 2.75) is 25.7 Å². The van der Waals surface area contributed by atoms with Crippen LogP contribution in [0.4, 0.5) is 5.82 Å². The number of rotatable bonds is 5. The molecule has 0 unspecified atom stereocenters. The van der Waals surface area contributed by atoms with Gasteiger partial charge in [0, 0.05) is 24.0 Å². The molecule has 0 atom stereocenters. The molecule has 2 amide bonds. The van der Waals surface area contributed by atoms with Crippen molar-refractivity contribution >= 4 is 29.0 Å². The van der Waals surface area contributed by atoms with Crippen molar-refractivity contribution in [1.82, 2.24) is 15.4 Å². The molecule has 2 N–H and O–H groups in total. The summed E-state index contributed by atoms with van der Waals surface area (Å²) in [6, 6.07) is 5.87. The van der Waals surface area contributed by atoms with Crippen molar-refractivity contribution in [3.63, 3.8) is 0 Å². The number of nitrogens with one attached hydrogen (secondary N) is 2. The van der Waals surface area contributed by atoms with E-state index >= 15 is 0 Å². The molecule has 3 heterocycles. The first-order chi connectivity index (χ1) is 12.1. The van der Waals surface area contributed by atoms with Gasteiger partial charge in [-0.15, -0.1) is 11.3 Å². The van der Waals surface area contributed by atoms with E-state index in [-0.39, 0.29) is 5.82 Å². The Morgan fingerprint density at radius 3 is 2.80 bits per heavy atom. The van der Waals surface area contributed by atoms with Gasteiger partial charge in [-0.2, -0.15) is 0 Å². The zero-order chi connectivity index (χ0) is 17.6. The fourth-order valence-corrected chi connectivity index (χ4v) is 3.87.